The van der Waals surface area contributed by atoms with Crippen molar-refractivity contribution >= 4 is 23.2 Å². The zero-order valence-corrected chi connectivity index (χ0v) is 21.5. The van der Waals surface area contributed by atoms with Crippen LogP contribution in [0.5, 0.6) is 0 Å². The highest BCUT2D eigenvalue weighted by atomic mass is 16.2. The number of anilines is 2. The van der Waals surface area contributed by atoms with E-state index >= 15 is 0 Å². The quantitative estimate of drug-likeness (QED) is 0.456. The Morgan fingerprint density at radius 2 is 1.68 bits per heavy atom. The molecule has 0 heterocycles. The van der Waals surface area contributed by atoms with E-state index in [0.29, 0.717) is 6.54 Å². The molecule has 5 nitrogen and oxygen atoms in total. The number of carbonyl (C=O) groups is 2. The number of nitrogens with zero attached hydrogens (tertiary/aromatic N) is 2. The fourth-order valence-corrected chi connectivity index (χ4v) is 4.95. The molecule has 2 atom stereocenters. The lowest BCUT2D eigenvalue weighted by molar-refractivity contribution is -0.135. The summed E-state index contributed by atoms with van der Waals surface area (Å²) in [5.41, 5.74) is 3.98. The third-order valence-corrected chi connectivity index (χ3v) is 7.21. The van der Waals surface area contributed by atoms with Crippen molar-refractivity contribution in [3.63, 3.8) is 0 Å². The molecule has 0 radical (unpaired) electrons. The molecule has 1 saturated carbocycles. The predicted octanol–water partition coefficient (Wildman–Crippen LogP) is 6.20. The molecule has 0 unspecified atom stereocenters. The highest BCUT2D eigenvalue weighted by molar-refractivity contribution is 5.93. The van der Waals surface area contributed by atoms with Crippen LogP contribution in [0.1, 0.15) is 76.3 Å². The van der Waals surface area contributed by atoms with E-state index in [-0.39, 0.29) is 29.7 Å². The molecule has 1 aliphatic rings. The summed E-state index contributed by atoms with van der Waals surface area (Å²) >= 11 is 0. The molecule has 3 rings (SSSR count). The summed E-state index contributed by atoms with van der Waals surface area (Å²) < 4.78 is 0. The van der Waals surface area contributed by atoms with Gasteiger partial charge in [0.2, 0.25) is 11.8 Å². The molecular weight excluding hydrogens is 422 g/mol. The third kappa shape index (κ3) is 6.19. The topological polar surface area (TPSA) is 52.7 Å². The molecule has 2 amide bonds. The van der Waals surface area contributed by atoms with Crippen LogP contribution in [0.15, 0.2) is 48.5 Å². The summed E-state index contributed by atoms with van der Waals surface area (Å²) in [6.07, 6.45) is 5.86. The van der Waals surface area contributed by atoms with Gasteiger partial charge in [0.05, 0.1) is 5.92 Å². The number of hydrogen-bond acceptors (Lipinski definition) is 3. The van der Waals surface area contributed by atoms with Crippen molar-refractivity contribution in [3.8, 4) is 0 Å². The SMILES string of the molecule is CC[C@@H](C(=O)N(Cc1cc(NC(=O)C2CCCC2)ccc1N(C)C)[C@@H](C)CC)c1ccccc1. The first-order valence-electron chi connectivity index (χ1n) is 12.8. The standard InChI is InChI=1S/C29H41N3O2/c1-6-21(3)32(29(34)26(7-2)22-13-9-8-10-14-22)20-24-19-25(17-18-27(24)31(4)5)30-28(33)23-15-11-12-16-23/h8-10,13-14,17-19,21,23,26H,6-7,11-12,15-16,20H2,1-5H3,(H,30,33)/t21-,26+/m0/s1. The van der Waals surface area contributed by atoms with E-state index in [2.05, 4.69) is 31.0 Å². The van der Waals surface area contributed by atoms with Crippen LogP contribution in [0.25, 0.3) is 0 Å². The maximum Gasteiger partial charge on any atom is 0.230 e. The zero-order valence-electron chi connectivity index (χ0n) is 21.5. The molecule has 0 spiro atoms. The fraction of sp³-hybridized carbons (Fsp3) is 0.517. The van der Waals surface area contributed by atoms with Gasteiger partial charge in [-0.05, 0) is 61.9 Å². The Kier molecular flexibility index (Phi) is 9.14. The minimum Gasteiger partial charge on any atom is -0.377 e. The lowest BCUT2D eigenvalue weighted by Crippen LogP contribution is -2.41. The van der Waals surface area contributed by atoms with Crippen LogP contribution < -0.4 is 10.2 Å². The number of rotatable bonds is 10. The van der Waals surface area contributed by atoms with Crippen molar-refractivity contribution in [2.24, 2.45) is 5.92 Å². The molecule has 0 aliphatic heterocycles. The summed E-state index contributed by atoms with van der Waals surface area (Å²) in [5, 5.41) is 3.13. The Bertz CT molecular complexity index is 951. The first kappa shape index (κ1) is 25.8. The molecule has 2 aromatic rings. The van der Waals surface area contributed by atoms with Crippen LogP contribution in [0.2, 0.25) is 0 Å². The Morgan fingerprint density at radius 3 is 2.26 bits per heavy atom. The second-order valence-corrected chi connectivity index (χ2v) is 9.80. The van der Waals surface area contributed by atoms with E-state index in [4.69, 9.17) is 0 Å². The van der Waals surface area contributed by atoms with Crippen LogP contribution in [-0.2, 0) is 16.1 Å². The van der Waals surface area contributed by atoms with E-state index in [0.717, 1.165) is 61.0 Å². The van der Waals surface area contributed by atoms with E-state index in [1.165, 1.54) is 0 Å². The fourth-order valence-electron chi connectivity index (χ4n) is 4.95. The minimum absolute atomic E-state index is 0.108. The van der Waals surface area contributed by atoms with Gasteiger partial charge in [-0.1, -0.05) is 57.0 Å². The first-order valence-corrected chi connectivity index (χ1v) is 12.8. The highest BCUT2D eigenvalue weighted by Crippen LogP contribution is 2.30. The van der Waals surface area contributed by atoms with Gasteiger partial charge in [-0.15, -0.1) is 0 Å². The van der Waals surface area contributed by atoms with Gasteiger partial charge in [0, 0.05) is 44.0 Å². The molecule has 184 valence electrons. The third-order valence-electron chi connectivity index (χ3n) is 7.21. The van der Waals surface area contributed by atoms with Gasteiger partial charge in [-0.3, -0.25) is 9.59 Å². The molecule has 2 aromatic carbocycles. The Hall–Kier alpha value is -2.82. The van der Waals surface area contributed by atoms with Gasteiger partial charge < -0.3 is 15.1 Å². The van der Waals surface area contributed by atoms with Crippen LogP contribution in [0.3, 0.4) is 0 Å². The zero-order chi connectivity index (χ0) is 24.7. The van der Waals surface area contributed by atoms with Crippen molar-refractivity contribution < 1.29 is 9.59 Å². The molecular formula is C29H41N3O2. The summed E-state index contributed by atoms with van der Waals surface area (Å²) in [4.78, 5) is 30.7. The van der Waals surface area contributed by atoms with Crippen molar-refractivity contribution in [1.29, 1.82) is 0 Å². The van der Waals surface area contributed by atoms with Gasteiger partial charge in [0.1, 0.15) is 0 Å². The van der Waals surface area contributed by atoms with Gasteiger partial charge >= 0.3 is 0 Å². The number of hydrogen-bond donors (Lipinski definition) is 1. The predicted molar refractivity (Wildman–Crippen MR) is 141 cm³/mol. The average Bonchev–Trinajstić information content (AvgIpc) is 3.38. The van der Waals surface area contributed by atoms with Crippen molar-refractivity contribution in [1.82, 2.24) is 4.90 Å². The summed E-state index contributed by atoms with van der Waals surface area (Å²) in [7, 11) is 4.04. The maximum atomic E-state index is 13.8. The minimum atomic E-state index is -0.164. The smallest absolute Gasteiger partial charge is 0.230 e. The number of nitrogens with one attached hydrogen (secondary N) is 1. The molecule has 1 N–H and O–H groups in total. The molecule has 5 heteroatoms. The summed E-state index contributed by atoms with van der Waals surface area (Å²) in [5.74, 6) is 0.230. The molecule has 1 fully saturated rings. The highest BCUT2D eigenvalue weighted by Gasteiger charge is 2.28. The normalized spacial score (nSPS) is 15.6. The van der Waals surface area contributed by atoms with E-state index in [1.807, 2.05) is 67.5 Å². The second kappa shape index (κ2) is 12.0. The lowest BCUT2D eigenvalue weighted by Gasteiger charge is -2.33. The Labute approximate surface area is 205 Å². The van der Waals surface area contributed by atoms with Gasteiger partial charge in [0.15, 0.2) is 0 Å². The Morgan fingerprint density at radius 1 is 1.00 bits per heavy atom. The Balaban J connectivity index is 1.89. The van der Waals surface area contributed by atoms with Crippen LogP contribution in [0.4, 0.5) is 11.4 Å². The van der Waals surface area contributed by atoms with Crippen molar-refractivity contribution in [3.05, 3.63) is 59.7 Å². The maximum absolute atomic E-state index is 13.8. The van der Waals surface area contributed by atoms with Gasteiger partial charge in [-0.2, -0.15) is 0 Å². The molecule has 1 aliphatic carbocycles. The lowest BCUT2D eigenvalue weighted by atomic mass is 9.94. The van der Waals surface area contributed by atoms with Gasteiger partial charge in [-0.25, -0.2) is 0 Å². The first-order chi connectivity index (χ1) is 16.3. The molecule has 0 saturated heterocycles. The van der Waals surface area contributed by atoms with Crippen LogP contribution in [-0.4, -0.2) is 36.9 Å². The number of carbonyl (C=O) groups excluding carboxylic acids is 2. The number of amides is 2. The van der Waals surface area contributed by atoms with Crippen LogP contribution in [0, 0.1) is 5.92 Å². The molecule has 0 bridgehead atoms. The van der Waals surface area contributed by atoms with Gasteiger partial charge in [0.25, 0.3) is 0 Å². The number of benzene rings is 2. The monoisotopic (exact) mass is 463 g/mol. The van der Waals surface area contributed by atoms with E-state index in [9.17, 15) is 9.59 Å². The molecule has 34 heavy (non-hydrogen) atoms. The average molecular weight is 464 g/mol. The second-order valence-electron chi connectivity index (χ2n) is 9.80. The van der Waals surface area contributed by atoms with E-state index < -0.39 is 0 Å². The summed E-state index contributed by atoms with van der Waals surface area (Å²) in [6, 6.07) is 16.3. The van der Waals surface area contributed by atoms with Crippen molar-refractivity contribution in [2.45, 2.75) is 77.8 Å². The summed E-state index contributed by atoms with van der Waals surface area (Å²) in [6.45, 7) is 6.84. The molecule has 0 aromatic heterocycles. The van der Waals surface area contributed by atoms with Crippen LogP contribution >= 0.6 is 0 Å². The van der Waals surface area contributed by atoms with E-state index in [1.54, 1.807) is 0 Å². The largest absolute Gasteiger partial charge is 0.377 e. The van der Waals surface area contributed by atoms with Crippen molar-refractivity contribution in [2.75, 3.05) is 24.3 Å².